The predicted octanol–water partition coefficient (Wildman–Crippen LogP) is 1.49. The lowest BCUT2D eigenvalue weighted by Crippen LogP contribution is -2.45. The van der Waals surface area contributed by atoms with Gasteiger partial charge in [0, 0.05) is 0 Å². The van der Waals surface area contributed by atoms with Crippen LogP contribution >= 0.6 is 0 Å². The molecule has 2 aliphatic heterocycles. The molecule has 148 valence electrons. The van der Waals surface area contributed by atoms with Crippen LogP contribution in [0.15, 0.2) is 24.3 Å². The summed E-state index contributed by atoms with van der Waals surface area (Å²) < 4.78 is 0. The molecule has 1 aromatic carbocycles. The molecule has 1 saturated heterocycles. The van der Waals surface area contributed by atoms with E-state index in [1.165, 1.54) is 12.1 Å². The summed E-state index contributed by atoms with van der Waals surface area (Å²) in [5.74, 6) is -2.81. The monoisotopic (exact) mass is 387 g/mol. The topological polar surface area (TPSA) is 113 Å². The fourth-order valence-corrected chi connectivity index (χ4v) is 3.15. The molecule has 1 unspecified atom stereocenters. The normalized spacial score (nSPS) is 21.4. The molecule has 0 aromatic heterocycles. The van der Waals surface area contributed by atoms with Gasteiger partial charge < -0.3 is 10.2 Å². The molecule has 9 nitrogen and oxygen atoms in total. The maximum atomic E-state index is 12.6. The molecule has 1 aromatic rings. The Morgan fingerprint density at radius 1 is 1.11 bits per heavy atom. The van der Waals surface area contributed by atoms with Gasteiger partial charge in [-0.25, -0.2) is 9.59 Å². The first-order valence-corrected chi connectivity index (χ1v) is 8.97. The number of amides is 5. The molecular weight excluding hydrogens is 366 g/mol. The highest BCUT2D eigenvalue weighted by Gasteiger charge is 2.48. The lowest BCUT2D eigenvalue weighted by molar-refractivity contribution is -0.170. The molecule has 5 amide bonds. The molecule has 28 heavy (non-hydrogen) atoms. The Balaban J connectivity index is 1.66. The van der Waals surface area contributed by atoms with Gasteiger partial charge in [-0.15, -0.1) is 0 Å². The Bertz CT molecular complexity index is 845. The molecule has 3 rings (SSSR count). The molecule has 0 aliphatic carbocycles. The van der Waals surface area contributed by atoms with Crippen molar-refractivity contribution >= 4 is 29.7 Å². The third kappa shape index (κ3) is 3.35. The Morgan fingerprint density at radius 2 is 1.68 bits per heavy atom. The van der Waals surface area contributed by atoms with Crippen molar-refractivity contribution in [1.82, 2.24) is 15.3 Å². The number of benzene rings is 1. The zero-order valence-corrected chi connectivity index (χ0v) is 15.9. The minimum atomic E-state index is -1.10. The van der Waals surface area contributed by atoms with Crippen LogP contribution in [0.5, 0.6) is 0 Å². The third-order valence-corrected chi connectivity index (χ3v) is 4.80. The largest absolute Gasteiger partial charge is 0.353 e. The van der Waals surface area contributed by atoms with E-state index in [2.05, 4.69) is 5.32 Å². The summed E-state index contributed by atoms with van der Waals surface area (Å²) in [5, 5.41) is 2.95. The molecule has 0 spiro atoms. The van der Waals surface area contributed by atoms with Gasteiger partial charge in [0.05, 0.1) is 11.1 Å². The maximum absolute atomic E-state index is 12.6. The number of rotatable bonds is 6. The first-order valence-electron chi connectivity index (χ1n) is 8.97. The van der Waals surface area contributed by atoms with Crippen LogP contribution in [-0.2, 0) is 14.4 Å². The van der Waals surface area contributed by atoms with E-state index in [0.717, 1.165) is 11.3 Å². The van der Waals surface area contributed by atoms with Crippen molar-refractivity contribution in [2.24, 2.45) is 5.92 Å². The number of hydroxylamine groups is 2. The number of carbonyl (C=O) groups excluding carboxylic acids is 5. The Morgan fingerprint density at radius 3 is 2.21 bits per heavy atom. The van der Waals surface area contributed by atoms with Crippen LogP contribution in [0.1, 0.15) is 54.3 Å². The average Bonchev–Trinajstić information content (AvgIpc) is 3.01. The van der Waals surface area contributed by atoms with Crippen LogP contribution in [0.2, 0.25) is 0 Å². The Hall–Kier alpha value is -3.23. The lowest BCUT2D eigenvalue weighted by Gasteiger charge is -2.22. The molecule has 0 radical (unpaired) electrons. The summed E-state index contributed by atoms with van der Waals surface area (Å²) in [5.41, 5.74) is -0.856. The molecule has 0 saturated carbocycles. The number of carbonyl (C=O) groups is 5. The molecule has 2 heterocycles. The summed E-state index contributed by atoms with van der Waals surface area (Å²) in [6.45, 7) is 4.91. The third-order valence-electron chi connectivity index (χ3n) is 4.80. The van der Waals surface area contributed by atoms with Gasteiger partial charge in [-0.05, 0) is 37.8 Å². The molecular formula is C19H21N3O6. The van der Waals surface area contributed by atoms with E-state index in [0.29, 0.717) is 17.4 Å². The predicted molar refractivity (Wildman–Crippen MR) is 95.8 cm³/mol. The fraction of sp³-hybridized carbons (Fsp3) is 0.421. The Labute approximate surface area is 161 Å². The number of hydrogen-bond acceptors (Lipinski definition) is 6. The smallest absolute Gasteiger partial charge is 0.328 e. The van der Waals surface area contributed by atoms with Crippen LogP contribution in [-0.4, -0.2) is 51.8 Å². The SMILES string of the molecule is CC(C)CCC1(C)NC(=O)N(CC(=O)ON2C(=O)c3ccccc3C2=O)C1=O. The van der Waals surface area contributed by atoms with E-state index >= 15 is 0 Å². The van der Waals surface area contributed by atoms with Crippen molar-refractivity contribution < 1.29 is 28.8 Å². The first kappa shape index (κ1) is 19.5. The second-order valence-corrected chi connectivity index (χ2v) is 7.50. The van der Waals surface area contributed by atoms with Crippen LogP contribution in [0.25, 0.3) is 0 Å². The van der Waals surface area contributed by atoms with Gasteiger partial charge >= 0.3 is 12.0 Å². The van der Waals surface area contributed by atoms with E-state index in [9.17, 15) is 24.0 Å². The van der Waals surface area contributed by atoms with Gasteiger partial charge in [-0.1, -0.05) is 31.0 Å². The van der Waals surface area contributed by atoms with Gasteiger partial charge in [-0.3, -0.25) is 19.3 Å². The fourth-order valence-electron chi connectivity index (χ4n) is 3.15. The van der Waals surface area contributed by atoms with Gasteiger partial charge in [-0.2, -0.15) is 0 Å². The molecule has 1 fully saturated rings. The summed E-state index contributed by atoms with van der Waals surface area (Å²) in [6.07, 6.45) is 1.15. The summed E-state index contributed by atoms with van der Waals surface area (Å²) in [6, 6.07) is 5.35. The highest BCUT2D eigenvalue weighted by Crippen LogP contribution is 2.26. The zero-order valence-electron chi connectivity index (χ0n) is 15.9. The van der Waals surface area contributed by atoms with Crippen LogP contribution in [0.3, 0.4) is 0 Å². The summed E-state index contributed by atoms with van der Waals surface area (Å²) in [7, 11) is 0. The first-order chi connectivity index (χ1) is 13.1. The van der Waals surface area contributed by atoms with Crippen molar-refractivity contribution in [3.63, 3.8) is 0 Å². The minimum Gasteiger partial charge on any atom is -0.328 e. The molecule has 2 aliphatic rings. The van der Waals surface area contributed by atoms with E-state index in [4.69, 9.17) is 4.84 Å². The van der Waals surface area contributed by atoms with E-state index in [1.54, 1.807) is 19.1 Å². The molecule has 0 bridgehead atoms. The van der Waals surface area contributed by atoms with Crippen molar-refractivity contribution in [2.45, 2.75) is 39.2 Å². The number of urea groups is 1. The Kier molecular flexibility index (Phi) is 4.93. The van der Waals surface area contributed by atoms with Crippen LogP contribution in [0.4, 0.5) is 4.79 Å². The quantitative estimate of drug-likeness (QED) is 0.584. The van der Waals surface area contributed by atoms with Gasteiger partial charge in [0.1, 0.15) is 12.1 Å². The van der Waals surface area contributed by atoms with Crippen molar-refractivity contribution in [1.29, 1.82) is 0 Å². The second kappa shape index (κ2) is 7.06. The van der Waals surface area contributed by atoms with E-state index in [-0.39, 0.29) is 11.1 Å². The standard InChI is InChI=1S/C19H21N3O6/c1-11(2)8-9-19(3)17(26)21(18(27)20-19)10-14(23)28-22-15(24)12-6-4-5-7-13(12)16(22)25/h4-7,11H,8-10H2,1-3H3,(H,20,27). The second-order valence-electron chi connectivity index (χ2n) is 7.50. The lowest BCUT2D eigenvalue weighted by atomic mass is 9.92. The number of imide groups is 2. The summed E-state index contributed by atoms with van der Waals surface area (Å²) >= 11 is 0. The molecule has 1 N–H and O–H groups in total. The van der Waals surface area contributed by atoms with Gasteiger partial charge in [0.2, 0.25) is 0 Å². The summed E-state index contributed by atoms with van der Waals surface area (Å²) in [4.78, 5) is 67.1. The van der Waals surface area contributed by atoms with Gasteiger partial charge in [0.25, 0.3) is 17.7 Å². The number of nitrogens with one attached hydrogen (secondary N) is 1. The number of fused-ring (bicyclic) bond motifs is 1. The zero-order chi connectivity index (χ0) is 20.6. The minimum absolute atomic E-state index is 0.122. The highest BCUT2D eigenvalue weighted by atomic mass is 16.7. The van der Waals surface area contributed by atoms with Crippen molar-refractivity contribution in [2.75, 3.05) is 6.54 Å². The van der Waals surface area contributed by atoms with Crippen LogP contribution in [0, 0.1) is 5.92 Å². The van der Waals surface area contributed by atoms with E-state index < -0.39 is 41.8 Å². The average molecular weight is 387 g/mol. The number of nitrogens with zero attached hydrogens (tertiary/aromatic N) is 2. The van der Waals surface area contributed by atoms with Gasteiger partial charge in [0.15, 0.2) is 0 Å². The molecule has 1 atom stereocenters. The van der Waals surface area contributed by atoms with Crippen LogP contribution < -0.4 is 5.32 Å². The van der Waals surface area contributed by atoms with Crippen molar-refractivity contribution in [3.8, 4) is 0 Å². The van der Waals surface area contributed by atoms with E-state index in [1.807, 2.05) is 13.8 Å². The molecule has 9 heteroatoms. The van der Waals surface area contributed by atoms with Crippen molar-refractivity contribution in [3.05, 3.63) is 35.4 Å². The number of hydrogen-bond donors (Lipinski definition) is 1. The highest BCUT2D eigenvalue weighted by molar-refractivity contribution is 6.21. The maximum Gasteiger partial charge on any atom is 0.353 e.